The van der Waals surface area contributed by atoms with Crippen LogP contribution < -0.4 is 4.74 Å². The van der Waals surface area contributed by atoms with Gasteiger partial charge < -0.3 is 14.2 Å². The van der Waals surface area contributed by atoms with Gasteiger partial charge in [0, 0.05) is 7.11 Å². The van der Waals surface area contributed by atoms with Crippen LogP contribution in [0.5, 0.6) is 5.75 Å². The Labute approximate surface area is 116 Å². The van der Waals surface area contributed by atoms with Crippen LogP contribution in [0.1, 0.15) is 27.2 Å². The predicted octanol–water partition coefficient (Wildman–Crippen LogP) is 3.53. The van der Waals surface area contributed by atoms with E-state index in [-0.39, 0.29) is 11.5 Å². The summed E-state index contributed by atoms with van der Waals surface area (Å²) in [5.41, 5.74) is 0.193. The van der Waals surface area contributed by atoms with Crippen molar-refractivity contribution in [2.75, 3.05) is 26.9 Å². The molecular weight excluding hydrogens is 240 g/mol. The smallest absolute Gasteiger partial charge is 0.119 e. The topological polar surface area (TPSA) is 27.7 Å². The molecule has 1 aromatic rings. The molecule has 0 aliphatic rings. The van der Waals surface area contributed by atoms with Crippen LogP contribution in [0.25, 0.3) is 0 Å². The molecule has 1 unspecified atom stereocenters. The van der Waals surface area contributed by atoms with E-state index in [2.05, 4.69) is 20.8 Å². The van der Waals surface area contributed by atoms with Gasteiger partial charge in [-0.1, -0.05) is 39.0 Å². The van der Waals surface area contributed by atoms with Crippen molar-refractivity contribution < 1.29 is 14.2 Å². The summed E-state index contributed by atoms with van der Waals surface area (Å²) in [6.45, 7) is 8.36. The van der Waals surface area contributed by atoms with E-state index >= 15 is 0 Å². The third-order valence-corrected chi connectivity index (χ3v) is 3.20. The van der Waals surface area contributed by atoms with E-state index < -0.39 is 0 Å². The predicted molar refractivity (Wildman–Crippen MR) is 77.6 cm³/mol. The van der Waals surface area contributed by atoms with Crippen molar-refractivity contribution in [1.82, 2.24) is 0 Å². The first kappa shape index (κ1) is 16.0. The molecule has 0 spiro atoms. The molecule has 1 rings (SSSR count). The summed E-state index contributed by atoms with van der Waals surface area (Å²) in [4.78, 5) is 0. The lowest BCUT2D eigenvalue weighted by molar-refractivity contribution is -0.0535. The highest BCUT2D eigenvalue weighted by Gasteiger charge is 2.19. The standard InChI is InChI=1S/C16H26O3/c1-5-16(2,3)13-19-15(11-17-4)12-18-14-9-7-6-8-10-14/h6-10,15H,5,11-13H2,1-4H3. The summed E-state index contributed by atoms with van der Waals surface area (Å²) in [6.07, 6.45) is 1.06. The average molecular weight is 266 g/mol. The fourth-order valence-electron chi connectivity index (χ4n) is 1.48. The molecule has 108 valence electrons. The number of benzene rings is 1. The van der Waals surface area contributed by atoms with Gasteiger partial charge in [-0.05, 0) is 24.0 Å². The van der Waals surface area contributed by atoms with E-state index in [0.29, 0.717) is 13.2 Å². The van der Waals surface area contributed by atoms with E-state index in [9.17, 15) is 0 Å². The summed E-state index contributed by atoms with van der Waals surface area (Å²) in [7, 11) is 1.68. The van der Waals surface area contributed by atoms with Gasteiger partial charge in [-0.15, -0.1) is 0 Å². The maximum atomic E-state index is 5.91. The molecule has 0 amide bonds. The van der Waals surface area contributed by atoms with Crippen molar-refractivity contribution in [3.05, 3.63) is 30.3 Å². The second-order valence-corrected chi connectivity index (χ2v) is 5.53. The van der Waals surface area contributed by atoms with Gasteiger partial charge in [0.2, 0.25) is 0 Å². The second-order valence-electron chi connectivity index (χ2n) is 5.53. The molecule has 0 aliphatic heterocycles. The number of hydrogen-bond acceptors (Lipinski definition) is 3. The summed E-state index contributed by atoms with van der Waals surface area (Å²) < 4.78 is 16.8. The minimum Gasteiger partial charge on any atom is -0.491 e. The minimum absolute atomic E-state index is 0.0315. The zero-order valence-electron chi connectivity index (χ0n) is 12.5. The zero-order valence-corrected chi connectivity index (χ0v) is 12.5. The minimum atomic E-state index is -0.0315. The van der Waals surface area contributed by atoms with Crippen LogP contribution in [0, 0.1) is 5.41 Å². The fourth-order valence-corrected chi connectivity index (χ4v) is 1.48. The Morgan fingerprint density at radius 3 is 2.37 bits per heavy atom. The number of rotatable bonds is 9. The van der Waals surface area contributed by atoms with Crippen LogP contribution >= 0.6 is 0 Å². The van der Waals surface area contributed by atoms with Crippen molar-refractivity contribution in [1.29, 1.82) is 0 Å². The summed E-state index contributed by atoms with van der Waals surface area (Å²) in [5.74, 6) is 0.863. The average Bonchev–Trinajstić information content (AvgIpc) is 2.43. The number of ether oxygens (including phenoxy) is 3. The summed E-state index contributed by atoms with van der Waals surface area (Å²) >= 11 is 0. The molecule has 0 aromatic heterocycles. The van der Waals surface area contributed by atoms with E-state index in [1.54, 1.807) is 7.11 Å². The van der Waals surface area contributed by atoms with Crippen molar-refractivity contribution in [3.8, 4) is 5.75 Å². The van der Waals surface area contributed by atoms with Crippen molar-refractivity contribution >= 4 is 0 Å². The van der Waals surface area contributed by atoms with Crippen molar-refractivity contribution in [3.63, 3.8) is 0 Å². The molecule has 0 radical (unpaired) electrons. The molecule has 0 N–H and O–H groups in total. The lowest BCUT2D eigenvalue weighted by Gasteiger charge is -2.26. The third-order valence-electron chi connectivity index (χ3n) is 3.20. The highest BCUT2D eigenvalue weighted by molar-refractivity contribution is 5.20. The molecule has 0 bridgehead atoms. The van der Waals surface area contributed by atoms with Crippen LogP contribution in [-0.2, 0) is 9.47 Å². The highest BCUT2D eigenvalue weighted by Crippen LogP contribution is 2.20. The maximum absolute atomic E-state index is 5.91. The van der Waals surface area contributed by atoms with Gasteiger partial charge >= 0.3 is 0 Å². The molecular formula is C16H26O3. The Balaban J connectivity index is 2.40. The molecule has 0 aliphatic carbocycles. The van der Waals surface area contributed by atoms with Gasteiger partial charge in [-0.3, -0.25) is 0 Å². The first-order chi connectivity index (χ1) is 9.07. The van der Waals surface area contributed by atoms with E-state index in [0.717, 1.165) is 18.8 Å². The quantitative estimate of drug-likeness (QED) is 0.684. The van der Waals surface area contributed by atoms with Crippen LogP contribution in [0.4, 0.5) is 0 Å². The molecule has 3 heteroatoms. The fraction of sp³-hybridized carbons (Fsp3) is 0.625. The van der Waals surface area contributed by atoms with Gasteiger partial charge in [0.1, 0.15) is 18.5 Å². The second kappa shape index (κ2) is 8.18. The third kappa shape index (κ3) is 6.60. The number of hydrogen-bond donors (Lipinski definition) is 0. The van der Waals surface area contributed by atoms with E-state index in [1.807, 2.05) is 30.3 Å². The molecule has 1 atom stereocenters. The Bertz CT molecular complexity index is 335. The van der Waals surface area contributed by atoms with E-state index in [4.69, 9.17) is 14.2 Å². The molecule has 3 nitrogen and oxygen atoms in total. The molecule has 0 heterocycles. The SMILES string of the molecule is CCC(C)(C)COC(COC)COc1ccccc1. The van der Waals surface area contributed by atoms with Crippen molar-refractivity contribution in [2.24, 2.45) is 5.41 Å². The Hall–Kier alpha value is -1.06. The Morgan fingerprint density at radius 1 is 1.11 bits per heavy atom. The summed E-state index contributed by atoms with van der Waals surface area (Å²) in [5, 5.41) is 0. The Kier molecular flexibility index (Phi) is 6.89. The normalized spacial score (nSPS) is 13.3. The number of para-hydroxylation sites is 1. The largest absolute Gasteiger partial charge is 0.491 e. The van der Waals surface area contributed by atoms with Crippen LogP contribution in [0.15, 0.2) is 30.3 Å². The molecule has 0 saturated carbocycles. The monoisotopic (exact) mass is 266 g/mol. The van der Waals surface area contributed by atoms with Gasteiger partial charge in [0.25, 0.3) is 0 Å². The van der Waals surface area contributed by atoms with Crippen LogP contribution in [0.2, 0.25) is 0 Å². The van der Waals surface area contributed by atoms with Crippen LogP contribution in [-0.4, -0.2) is 33.0 Å². The van der Waals surface area contributed by atoms with Gasteiger partial charge in [-0.2, -0.15) is 0 Å². The lowest BCUT2D eigenvalue weighted by atomic mass is 9.92. The van der Waals surface area contributed by atoms with Crippen LogP contribution in [0.3, 0.4) is 0 Å². The molecule has 0 saturated heterocycles. The number of methoxy groups -OCH3 is 1. The van der Waals surface area contributed by atoms with Gasteiger partial charge in [0.15, 0.2) is 0 Å². The first-order valence-corrected chi connectivity index (χ1v) is 6.86. The van der Waals surface area contributed by atoms with Gasteiger partial charge in [0.05, 0.1) is 13.2 Å². The van der Waals surface area contributed by atoms with Crippen molar-refractivity contribution in [2.45, 2.75) is 33.3 Å². The first-order valence-electron chi connectivity index (χ1n) is 6.86. The Morgan fingerprint density at radius 2 is 1.79 bits per heavy atom. The molecule has 0 fully saturated rings. The van der Waals surface area contributed by atoms with Gasteiger partial charge in [-0.25, -0.2) is 0 Å². The summed E-state index contributed by atoms with van der Waals surface area (Å²) in [6, 6.07) is 9.78. The lowest BCUT2D eigenvalue weighted by Crippen LogP contribution is -2.31. The van der Waals surface area contributed by atoms with E-state index in [1.165, 1.54) is 0 Å². The molecule has 1 aromatic carbocycles. The maximum Gasteiger partial charge on any atom is 0.119 e. The zero-order chi connectivity index (χ0) is 14.1. The molecule has 19 heavy (non-hydrogen) atoms. The highest BCUT2D eigenvalue weighted by atomic mass is 16.6.